The third-order valence-electron chi connectivity index (χ3n) is 3.34. The van der Waals surface area contributed by atoms with Gasteiger partial charge in [0.15, 0.2) is 0 Å². The van der Waals surface area contributed by atoms with Crippen LogP contribution in [0.25, 0.3) is 0 Å². The lowest BCUT2D eigenvalue weighted by Crippen LogP contribution is -2.48. The summed E-state index contributed by atoms with van der Waals surface area (Å²) in [4.78, 5) is 24.3. The molecule has 96 valence electrons. The highest BCUT2D eigenvalue weighted by Crippen LogP contribution is 2.18. The van der Waals surface area contributed by atoms with Crippen LogP contribution < -0.4 is 5.32 Å². The normalized spacial score (nSPS) is 25.9. The van der Waals surface area contributed by atoms with Crippen molar-refractivity contribution in [2.75, 3.05) is 19.7 Å². The van der Waals surface area contributed by atoms with Gasteiger partial charge in [-0.1, -0.05) is 0 Å². The Hall–Kier alpha value is -1.30. The molecule has 0 aliphatic carbocycles. The second-order valence-corrected chi connectivity index (χ2v) is 4.55. The number of likely N-dealkylation sites (tertiary alicyclic amines) is 1. The van der Waals surface area contributed by atoms with Gasteiger partial charge in [0.2, 0.25) is 0 Å². The molecular weight excluding hydrogens is 224 g/mol. The standard InChI is InChI=1S/C11H18N2O4/c14-10(9-2-1-7-17-9)13-5-3-8(4-6-13)12-11(15)16/h8-9,12H,1-7H2,(H,15,16). The summed E-state index contributed by atoms with van der Waals surface area (Å²) in [5.41, 5.74) is 0. The van der Waals surface area contributed by atoms with E-state index in [-0.39, 0.29) is 18.1 Å². The molecule has 2 fully saturated rings. The van der Waals surface area contributed by atoms with E-state index >= 15 is 0 Å². The molecule has 0 aromatic heterocycles. The molecule has 6 heteroatoms. The Kier molecular flexibility index (Phi) is 3.83. The van der Waals surface area contributed by atoms with Gasteiger partial charge in [0.05, 0.1) is 0 Å². The molecule has 0 aromatic carbocycles. The Balaban J connectivity index is 1.78. The van der Waals surface area contributed by atoms with Crippen LogP contribution in [0.15, 0.2) is 0 Å². The Labute approximate surface area is 99.9 Å². The molecule has 0 bridgehead atoms. The predicted octanol–water partition coefficient (Wildman–Crippen LogP) is 0.424. The average Bonchev–Trinajstić information content (AvgIpc) is 2.82. The third kappa shape index (κ3) is 3.09. The van der Waals surface area contributed by atoms with Crippen molar-refractivity contribution in [1.29, 1.82) is 0 Å². The molecule has 17 heavy (non-hydrogen) atoms. The van der Waals surface area contributed by atoms with E-state index in [0.29, 0.717) is 32.5 Å². The molecule has 2 amide bonds. The minimum atomic E-state index is -0.992. The zero-order valence-electron chi connectivity index (χ0n) is 9.72. The zero-order valence-corrected chi connectivity index (χ0v) is 9.72. The van der Waals surface area contributed by atoms with Gasteiger partial charge in [-0.25, -0.2) is 4.79 Å². The fraction of sp³-hybridized carbons (Fsp3) is 0.818. The number of piperidine rings is 1. The summed E-state index contributed by atoms with van der Waals surface area (Å²) < 4.78 is 5.36. The number of carboxylic acid groups (broad SMARTS) is 1. The van der Waals surface area contributed by atoms with Crippen molar-refractivity contribution in [3.63, 3.8) is 0 Å². The van der Waals surface area contributed by atoms with Crippen LogP contribution in [0.3, 0.4) is 0 Å². The van der Waals surface area contributed by atoms with Crippen molar-refractivity contribution in [1.82, 2.24) is 10.2 Å². The van der Waals surface area contributed by atoms with Gasteiger partial charge in [0.1, 0.15) is 6.10 Å². The molecule has 2 rings (SSSR count). The van der Waals surface area contributed by atoms with Gasteiger partial charge in [-0.2, -0.15) is 0 Å². The van der Waals surface area contributed by atoms with E-state index in [0.717, 1.165) is 12.8 Å². The zero-order chi connectivity index (χ0) is 12.3. The molecule has 2 aliphatic heterocycles. The molecule has 2 heterocycles. The first-order valence-electron chi connectivity index (χ1n) is 6.06. The molecule has 0 aromatic rings. The van der Waals surface area contributed by atoms with Gasteiger partial charge < -0.3 is 20.1 Å². The molecular formula is C11H18N2O4. The summed E-state index contributed by atoms with van der Waals surface area (Å²) in [6.07, 6.45) is 1.88. The van der Waals surface area contributed by atoms with Crippen LogP contribution in [-0.4, -0.2) is 53.8 Å². The summed E-state index contributed by atoms with van der Waals surface area (Å²) in [5.74, 6) is 0.0660. The lowest BCUT2D eigenvalue weighted by molar-refractivity contribution is -0.142. The van der Waals surface area contributed by atoms with E-state index in [9.17, 15) is 9.59 Å². The second kappa shape index (κ2) is 5.35. The first kappa shape index (κ1) is 12.2. The van der Waals surface area contributed by atoms with E-state index in [1.54, 1.807) is 4.90 Å². The smallest absolute Gasteiger partial charge is 0.404 e. The van der Waals surface area contributed by atoms with Crippen molar-refractivity contribution in [3.05, 3.63) is 0 Å². The Morgan fingerprint density at radius 2 is 1.94 bits per heavy atom. The third-order valence-corrected chi connectivity index (χ3v) is 3.34. The lowest BCUT2D eigenvalue weighted by atomic mass is 10.0. The summed E-state index contributed by atoms with van der Waals surface area (Å²) >= 11 is 0. The maximum absolute atomic E-state index is 12.0. The van der Waals surface area contributed by atoms with Crippen LogP contribution in [0.1, 0.15) is 25.7 Å². The molecule has 2 aliphatic rings. The number of rotatable bonds is 2. The average molecular weight is 242 g/mol. The minimum absolute atomic E-state index is 0.0268. The minimum Gasteiger partial charge on any atom is -0.465 e. The van der Waals surface area contributed by atoms with Gasteiger partial charge in [0, 0.05) is 25.7 Å². The van der Waals surface area contributed by atoms with E-state index in [1.165, 1.54) is 0 Å². The number of amides is 2. The maximum atomic E-state index is 12.0. The topological polar surface area (TPSA) is 78.9 Å². The fourth-order valence-electron chi connectivity index (χ4n) is 2.39. The van der Waals surface area contributed by atoms with Crippen molar-refractivity contribution in [3.8, 4) is 0 Å². The summed E-state index contributed by atoms with van der Waals surface area (Å²) in [6.45, 7) is 1.90. The van der Waals surface area contributed by atoms with Crippen LogP contribution in [0.2, 0.25) is 0 Å². The van der Waals surface area contributed by atoms with E-state index in [1.807, 2.05) is 0 Å². The van der Waals surface area contributed by atoms with E-state index in [2.05, 4.69) is 5.32 Å². The first-order chi connectivity index (χ1) is 8.16. The van der Waals surface area contributed by atoms with Crippen molar-refractivity contribution < 1.29 is 19.4 Å². The lowest BCUT2D eigenvalue weighted by Gasteiger charge is -2.33. The van der Waals surface area contributed by atoms with E-state index < -0.39 is 6.09 Å². The summed E-state index contributed by atoms with van der Waals surface area (Å²) in [7, 11) is 0. The highest BCUT2D eigenvalue weighted by atomic mass is 16.5. The number of hydrogen-bond donors (Lipinski definition) is 2. The quantitative estimate of drug-likeness (QED) is 0.735. The monoisotopic (exact) mass is 242 g/mol. The Morgan fingerprint density at radius 1 is 1.24 bits per heavy atom. The van der Waals surface area contributed by atoms with Crippen molar-refractivity contribution in [2.45, 2.75) is 37.8 Å². The molecule has 0 saturated carbocycles. The number of carbonyl (C=O) groups is 2. The van der Waals surface area contributed by atoms with E-state index in [4.69, 9.17) is 9.84 Å². The molecule has 0 spiro atoms. The largest absolute Gasteiger partial charge is 0.465 e. The molecule has 6 nitrogen and oxygen atoms in total. The molecule has 2 N–H and O–H groups in total. The maximum Gasteiger partial charge on any atom is 0.404 e. The highest BCUT2D eigenvalue weighted by Gasteiger charge is 2.31. The molecule has 1 unspecified atom stereocenters. The van der Waals surface area contributed by atoms with Gasteiger partial charge in [0.25, 0.3) is 5.91 Å². The number of carbonyl (C=O) groups excluding carboxylic acids is 1. The van der Waals surface area contributed by atoms with Gasteiger partial charge in [-0.15, -0.1) is 0 Å². The Morgan fingerprint density at radius 3 is 2.47 bits per heavy atom. The summed E-state index contributed by atoms with van der Waals surface area (Å²) in [5, 5.41) is 11.1. The van der Waals surface area contributed by atoms with Crippen LogP contribution in [-0.2, 0) is 9.53 Å². The molecule has 1 atom stereocenters. The number of ether oxygens (including phenoxy) is 1. The van der Waals surface area contributed by atoms with Crippen molar-refractivity contribution >= 4 is 12.0 Å². The number of nitrogens with one attached hydrogen (secondary N) is 1. The molecule has 2 saturated heterocycles. The SMILES string of the molecule is O=C(O)NC1CCN(C(=O)C2CCCO2)CC1. The highest BCUT2D eigenvalue weighted by molar-refractivity contribution is 5.81. The van der Waals surface area contributed by atoms with Gasteiger partial charge >= 0.3 is 6.09 Å². The number of nitrogens with zero attached hydrogens (tertiary/aromatic N) is 1. The van der Waals surface area contributed by atoms with Gasteiger partial charge in [-0.3, -0.25) is 4.79 Å². The molecule has 0 radical (unpaired) electrons. The van der Waals surface area contributed by atoms with Crippen LogP contribution in [0, 0.1) is 0 Å². The summed E-state index contributed by atoms with van der Waals surface area (Å²) in [6, 6.07) is -0.0268. The van der Waals surface area contributed by atoms with Gasteiger partial charge in [-0.05, 0) is 25.7 Å². The fourth-order valence-corrected chi connectivity index (χ4v) is 2.39. The first-order valence-corrected chi connectivity index (χ1v) is 6.06. The van der Waals surface area contributed by atoms with Crippen LogP contribution in [0.5, 0.6) is 0 Å². The van der Waals surface area contributed by atoms with Crippen molar-refractivity contribution in [2.24, 2.45) is 0 Å². The second-order valence-electron chi connectivity index (χ2n) is 4.55. The predicted molar refractivity (Wildman–Crippen MR) is 59.7 cm³/mol. The van der Waals surface area contributed by atoms with Crippen LogP contribution >= 0.6 is 0 Å². The number of hydrogen-bond acceptors (Lipinski definition) is 3. The Bertz CT molecular complexity index is 294. The van der Waals surface area contributed by atoms with Crippen LogP contribution in [0.4, 0.5) is 4.79 Å².